The lowest BCUT2D eigenvalue weighted by atomic mass is 9.71. The molecule has 0 aromatic rings. The van der Waals surface area contributed by atoms with Crippen LogP contribution in [0, 0.1) is 5.92 Å². The highest BCUT2D eigenvalue weighted by atomic mass is 16.7. The Kier molecular flexibility index (Phi) is 11.6. The maximum absolute atomic E-state index is 11.7. The van der Waals surface area contributed by atoms with E-state index in [4.69, 9.17) is 42.9 Å². The molecule has 0 bridgehead atoms. The Bertz CT molecular complexity index is 792. The monoisotopic (exact) mass is 567 g/mol. The molecule has 0 aromatic heterocycles. The molecule has 0 spiro atoms. The lowest BCUT2D eigenvalue weighted by Gasteiger charge is -2.51. The van der Waals surface area contributed by atoms with E-state index < -0.39 is 111 Å². The predicted molar refractivity (Wildman–Crippen MR) is 136 cm³/mol. The molecule has 39 heavy (non-hydrogen) atoms. The fourth-order valence-corrected chi connectivity index (χ4v) is 5.71. The zero-order valence-electron chi connectivity index (χ0n) is 21.6. The molecule has 17 nitrogen and oxygen atoms in total. The van der Waals surface area contributed by atoms with E-state index in [0.717, 1.165) is 0 Å². The molecule has 3 rings (SSSR count). The first-order valence-corrected chi connectivity index (χ1v) is 13.0. The van der Waals surface area contributed by atoms with Crippen molar-refractivity contribution in [3.05, 3.63) is 0 Å². The Morgan fingerprint density at radius 1 is 0.949 bits per heavy atom. The quantitative estimate of drug-likeness (QED) is 0.0860. The fourth-order valence-electron chi connectivity index (χ4n) is 5.71. The summed E-state index contributed by atoms with van der Waals surface area (Å²) in [6, 6.07) is -4.33. The van der Waals surface area contributed by atoms with Gasteiger partial charge in [0.25, 0.3) is 0 Å². The van der Waals surface area contributed by atoms with Crippen molar-refractivity contribution < 1.29 is 50.0 Å². The molecule has 3 fully saturated rings. The fraction of sp³-hybridized carbons (Fsp3) is 0.955. The van der Waals surface area contributed by atoms with Gasteiger partial charge in [0.15, 0.2) is 12.2 Å². The van der Waals surface area contributed by atoms with Gasteiger partial charge in [0.2, 0.25) is 0 Å². The summed E-state index contributed by atoms with van der Waals surface area (Å²) in [7, 11) is 0. The third kappa shape index (κ3) is 7.14. The molecule has 1 saturated carbocycles. The van der Waals surface area contributed by atoms with Crippen molar-refractivity contribution >= 4 is 5.96 Å². The molecular formula is C22H45N7O10. The van der Waals surface area contributed by atoms with Crippen LogP contribution in [-0.2, 0) is 14.2 Å². The van der Waals surface area contributed by atoms with Crippen molar-refractivity contribution in [1.82, 2.24) is 5.32 Å². The summed E-state index contributed by atoms with van der Waals surface area (Å²) in [5.41, 5.74) is 29.5. The van der Waals surface area contributed by atoms with Crippen LogP contribution in [0.1, 0.15) is 12.8 Å². The average Bonchev–Trinajstić information content (AvgIpc) is 2.89. The zero-order chi connectivity index (χ0) is 29.0. The number of aliphatic imine (C=N–C) groups is 1. The smallest absolute Gasteiger partial charge is 0.186 e. The number of rotatable bonds is 10. The van der Waals surface area contributed by atoms with Crippen LogP contribution in [0.25, 0.3) is 0 Å². The maximum Gasteiger partial charge on any atom is 0.186 e. The number of nitrogens with zero attached hydrogens (tertiary/aromatic N) is 1. The van der Waals surface area contributed by atoms with Crippen LogP contribution >= 0.6 is 0 Å². The molecule has 17 heteroatoms. The Morgan fingerprint density at radius 3 is 2.18 bits per heavy atom. The second-order valence-corrected chi connectivity index (χ2v) is 10.5. The summed E-state index contributed by atoms with van der Waals surface area (Å²) in [6.07, 6.45) is -10.6. The molecular weight excluding hydrogens is 522 g/mol. The minimum Gasteiger partial charge on any atom is -0.395 e. The number of ether oxygens (including phenoxy) is 3. The molecule has 3 aliphatic rings. The van der Waals surface area contributed by atoms with Gasteiger partial charge in [-0.3, -0.25) is 0 Å². The second-order valence-electron chi connectivity index (χ2n) is 10.5. The van der Waals surface area contributed by atoms with Crippen molar-refractivity contribution in [2.45, 2.75) is 98.2 Å². The van der Waals surface area contributed by atoms with E-state index in [1.54, 1.807) is 0 Å². The van der Waals surface area contributed by atoms with Gasteiger partial charge >= 0.3 is 0 Å². The number of nitrogens with one attached hydrogen (secondary N) is 1. The Balaban J connectivity index is 1.94. The van der Waals surface area contributed by atoms with Crippen LogP contribution in [0.3, 0.4) is 0 Å². The molecule has 2 saturated heterocycles. The standard InChI is InChI=1S/C22H45N7O10/c23-3-12-11(33)2-10(29-22(26)27)19(37-12)14-8(24)1-9(28-7(4-30)5-31)20(17(14)35)39-21-18(36)15(25)16(34)13(6-32)38-21/h7-21,28,30-36H,1-6,23-25H2,(H4,26,27,29). The van der Waals surface area contributed by atoms with Crippen molar-refractivity contribution in [2.24, 2.45) is 39.6 Å². The summed E-state index contributed by atoms with van der Waals surface area (Å²) >= 11 is 0. The zero-order valence-corrected chi connectivity index (χ0v) is 21.6. The van der Waals surface area contributed by atoms with E-state index in [1.807, 2.05) is 0 Å². The van der Waals surface area contributed by atoms with Gasteiger partial charge in [0.05, 0.1) is 62.4 Å². The van der Waals surface area contributed by atoms with Crippen LogP contribution in [0.5, 0.6) is 0 Å². The minimum atomic E-state index is -1.53. The highest BCUT2D eigenvalue weighted by Crippen LogP contribution is 2.38. The molecule has 14 atom stereocenters. The molecule has 18 N–H and O–H groups in total. The highest BCUT2D eigenvalue weighted by Gasteiger charge is 2.54. The summed E-state index contributed by atoms with van der Waals surface area (Å²) in [4.78, 5) is 4.19. The number of aliphatic hydroxyl groups excluding tert-OH is 7. The van der Waals surface area contributed by atoms with E-state index in [-0.39, 0.29) is 25.3 Å². The first kappa shape index (κ1) is 32.2. The van der Waals surface area contributed by atoms with E-state index in [2.05, 4.69) is 10.3 Å². The van der Waals surface area contributed by atoms with E-state index in [0.29, 0.717) is 0 Å². The van der Waals surface area contributed by atoms with Crippen LogP contribution < -0.4 is 34.0 Å². The second kappa shape index (κ2) is 14.1. The minimum absolute atomic E-state index is 0.0199. The number of nitrogens with two attached hydrogens (primary N) is 5. The van der Waals surface area contributed by atoms with Crippen LogP contribution in [-0.4, -0.2) is 153 Å². The van der Waals surface area contributed by atoms with Crippen LogP contribution in [0.4, 0.5) is 0 Å². The molecule has 0 radical (unpaired) electrons. The number of hydrogen-bond acceptors (Lipinski definition) is 15. The Morgan fingerprint density at radius 2 is 1.62 bits per heavy atom. The van der Waals surface area contributed by atoms with Gasteiger partial charge in [-0.1, -0.05) is 0 Å². The Hall–Kier alpha value is -1.29. The van der Waals surface area contributed by atoms with Crippen molar-refractivity contribution in [1.29, 1.82) is 0 Å². The van der Waals surface area contributed by atoms with Crippen molar-refractivity contribution in [3.63, 3.8) is 0 Å². The van der Waals surface area contributed by atoms with Gasteiger partial charge in [-0.2, -0.15) is 0 Å². The van der Waals surface area contributed by atoms with Gasteiger partial charge in [-0.25, -0.2) is 4.99 Å². The van der Waals surface area contributed by atoms with E-state index in [9.17, 15) is 35.7 Å². The van der Waals surface area contributed by atoms with Gasteiger partial charge in [-0.15, -0.1) is 0 Å². The van der Waals surface area contributed by atoms with Gasteiger partial charge in [0.1, 0.15) is 24.4 Å². The lowest BCUT2D eigenvalue weighted by Crippen LogP contribution is -2.69. The number of guanidine groups is 1. The normalized spacial score (nSPS) is 45.3. The SMILES string of the molecule is NCC1OC(C2C(N)CC(NC(CO)CO)C(OC3OC(CO)C(O)C(N)C3O)C2O)C(N=C(N)N)CC1O. The topological polar surface area (TPSA) is 324 Å². The molecule has 2 aliphatic heterocycles. The molecule has 0 aromatic carbocycles. The van der Waals surface area contributed by atoms with E-state index in [1.165, 1.54) is 0 Å². The van der Waals surface area contributed by atoms with Crippen LogP contribution in [0.2, 0.25) is 0 Å². The predicted octanol–water partition coefficient (Wildman–Crippen LogP) is -7.72. The summed E-state index contributed by atoms with van der Waals surface area (Å²) < 4.78 is 17.7. The van der Waals surface area contributed by atoms with Crippen LogP contribution in [0.15, 0.2) is 4.99 Å². The van der Waals surface area contributed by atoms with Gasteiger partial charge < -0.3 is 83.9 Å². The first-order chi connectivity index (χ1) is 18.5. The highest BCUT2D eigenvalue weighted by molar-refractivity contribution is 5.75. The molecule has 0 amide bonds. The average molecular weight is 568 g/mol. The molecule has 1 aliphatic carbocycles. The largest absolute Gasteiger partial charge is 0.395 e. The third-order valence-corrected chi connectivity index (χ3v) is 7.82. The molecule has 14 unspecified atom stereocenters. The van der Waals surface area contributed by atoms with Crippen molar-refractivity contribution in [2.75, 3.05) is 26.4 Å². The molecule has 228 valence electrons. The summed E-state index contributed by atoms with van der Waals surface area (Å²) in [6.45, 7) is -1.50. The molecule has 2 heterocycles. The summed E-state index contributed by atoms with van der Waals surface area (Å²) in [5.74, 6) is -1.13. The number of hydrogen-bond donors (Lipinski definition) is 13. The number of aliphatic hydroxyl groups is 7. The summed E-state index contributed by atoms with van der Waals surface area (Å²) in [5, 5.41) is 74.9. The van der Waals surface area contributed by atoms with Gasteiger partial charge in [0, 0.05) is 31.0 Å². The third-order valence-electron chi connectivity index (χ3n) is 7.82. The maximum atomic E-state index is 11.7. The van der Waals surface area contributed by atoms with E-state index >= 15 is 0 Å². The lowest BCUT2D eigenvalue weighted by molar-refractivity contribution is -0.307. The first-order valence-electron chi connectivity index (χ1n) is 13.0. The van der Waals surface area contributed by atoms with Gasteiger partial charge in [-0.05, 0) is 6.42 Å². The van der Waals surface area contributed by atoms with Crippen molar-refractivity contribution in [3.8, 4) is 0 Å². The Labute approximate surface area is 225 Å².